The van der Waals surface area contributed by atoms with Gasteiger partial charge in [-0.1, -0.05) is 61.9 Å². The fourth-order valence-electron chi connectivity index (χ4n) is 3.72. The minimum absolute atomic E-state index is 0.119. The van der Waals surface area contributed by atoms with Gasteiger partial charge in [0.1, 0.15) is 0 Å². The smallest absolute Gasteiger partial charge is 0.223 e. The number of unbranched alkanes of at least 4 members (excludes halogenated alkanes) is 1. The highest BCUT2D eigenvalue weighted by Crippen LogP contribution is 2.20. The van der Waals surface area contributed by atoms with Crippen LogP contribution >= 0.6 is 0 Å². The predicted octanol–water partition coefficient (Wildman–Crippen LogP) is 4.90. The van der Waals surface area contributed by atoms with E-state index >= 15 is 0 Å². The third-order valence-corrected chi connectivity index (χ3v) is 5.43. The number of nitrogens with one attached hydrogen (secondary N) is 1. The lowest BCUT2D eigenvalue weighted by molar-refractivity contribution is -0.132. The summed E-state index contributed by atoms with van der Waals surface area (Å²) in [6.45, 7) is 3.54. The van der Waals surface area contributed by atoms with E-state index in [1.54, 1.807) is 0 Å². The van der Waals surface area contributed by atoms with Crippen LogP contribution in [0.2, 0.25) is 0 Å². The number of para-hydroxylation sites is 1. The lowest BCUT2D eigenvalue weighted by Crippen LogP contribution is -2.31. The Bertz CT molecular complexity index is 1120. The topological polar surface area (TPSA) is 75.0 Å². The first-order valence-corrected chi connectivity index (χ1v) is 10.9. The van der Waals surface area contributed by atoms with E-state index in [0.29, 0.717) is 37.6 Å². The van der Waals surface area contributed by atoms with Crippen LogP contribution in [0.3, 0.4) is 0 Å². The van der Waals surface area contributed by atoms with Gasteiger partial charge in [-0.3, -0.25) is 4.79 Å². The Morgan fingerprint density at radius 3 is 2.65 bits per heavy atom. The molecule has 2 aromatic heterocycles. The molecule has 0 fully saturated rings. The molecular formula is C25H28N4O2. The van der Waals surface area contributed by atoms with Gasteiger partial charge in [0.15, 0.2) is 0 Å². The normalized spacial score (nSPS) is 11.1. The standard InChI is InChI=1S/C25H28N4O2/c1-2-3-15-29(18-19-9-5-4-6-10-19)25(30)14-13-23-27-28-24(31-23)16-20-17-26-22-12-8-7-11-21(20)22/h4-12,17,26H,2-3,13-16,18H2,1H3. The molecule has 0 aliphatic carbocycles. The van der Waals surface area contributed by atoms with Crippen molar-refractivity contribution >= 4 is 16.8 Å². The van der Waals surface area contributed by atoms with E-state index in [2.05, 4.69) is 40.3 Å². The second-order valence-electron chi connectivity index (χ2n) is 7.78. The quantitative estimate of drug-likeness (QED) is 0.399. The Hall–Kier alpha value is -3.41. The van der Waals surface area contributed by atoms with Gasteiger partial charge in [0.05, 0.1) is 6.42 Å². The highest BCUT2D eigenvalue weighted by atomic mass is 16.4. The summed E-state index contributed by atoms with van der Waals surface area (Å²) < 4.78 is 5.83. The summed E-state index contributed by atoms with van der Waals surface area (Å²) in [6, 6.07) is 18.3. The number of aromatic nitrogens is 3. The molecule has 0 saturated carbocycles. The van der Waals surface area contributed by atoms with E-state index in [1.165, 1.54) is 0 Å². The molecule has 1 N–H and O–H groups in total. The molecule has 2 aromatic carbocycles. The predicted molar refractivity (Wildman–Crippen MR) is 120 cm³/mol. The maximum Gasteiger partial charge on any atom is 0.223 e. The van der Waals surface area contributed by atoms with Crippen molar-refractivity contribution in [2.45, 2.75) is 45.6 Å². The molecule has 1 amide bonds. The van der Waals surface area contributed by atoms with Crippen molar-refractivity contribution in [2.24, 2.45) is 0 Å². The average molecular weight is 417 g/mol. The Morgan fingerprint density at radius 1 is 1.03 bits per heavy atom. The minimum Gasteiger partial charge on any atom is -0.425 e. The summed E-state index contributed by atoms with van der Waals surface area (Å²) in [5.74, 6) is 1.20. The van der Waals surface area contributed by atoms with Crippen LogP contribution in [0, 0.1) is 0 Å². The second kappa shape index (κ2) is 10.1. The summed E-state index contributed by atoms with van der Waals surface area (Å²) >= 11 is 0. The molecule has 6 heteroatoms. The third kappa shape index (κ3) is 5.40. The van der Waals surface area contributed by atoms with Gasteiger partial charge in [-0.2, -0.15) is 0 Å². The van der Waals surface area contributed by atoms with Crippen molar-refractivity contribution in [3.63, 3.8) is 0 Å². The zero-order valence-corrected chi connectivity index (χ0v) is 17.9. The van der Waals surface area contributed by atoms with Crippen LogP contribution in [-0.4, -0.2) is 32.5 Å². The van der Waals surface area contributed by atoms with Crippen molar-refractivity contribution in [2.75, 3.05) is 6.54 Å². The van der Waals surface area contributed by atoms with Crippen molar-refractivity contribution in [1.82, 2.24) is 20.1 Å². The van der Waals surface area contributed by atoms with E-state index in [9.17, 15) is 4.79 Å². The molecule has 2 heterocycles. The van der Waals surface area contributed by atoms with Gasteiger partial charge in [0.25, 0.3) is 0 Å². The molecule has 31 heavy (non-hydrogen) atoms. The number of benzene rings is 2. The summed E-state index contributed by atoms with van der Waals surface area (Å²) in [6.07, 6.45) is 5.42. The molecule has 0 spiro atoms. The Morgan fingerprint density at radius 2 is 1.81 bits per heavy atom. The third-order valence-electron chi connectivity index (χ3n) is 5.43. The van der Waals surface area contributed by atoms with E-state index in [1.807, 2.05) is 47.5 Å². The van der Waals surface area contributed by atoms with E-state index < -0.39 is 0 Å². The van der Waals surface area contributed by atoms with Crippen LogP contribution in [-0.2, 0) is 24.2 Å². The summed E-state index contributed by atoms with van der Waals surface area (Å²) in [7, 11) is 0. The largest absolute Gasteiger partial charge is 0.425 e. The number of nitrogens with zero attached hydrogens (tertiary/aromatic N) is 3. The van der Waals surface area contributed by atoms with E-state index in [0.717, 1.165) is 41.4 Å². The number of aromatic amines is 1. The monoisotopic (exact) mass is 416 g/mol. The van der Waals surface area contributed by atoms with Crippen LogP contribution in [0.5, 0.6) is 0 Å². The van der Waals surface area contributed by atoms with Gasteiger partial charge in [-0.25, -0.2) is 0 Å². The van der Waals surface area contributed by atoms with E-state index in [-0.39, 0.29) is 5.91 Å². The lowest BCUT2D eigenvalue weighted by Gasteiger charge is -2.22. The number of H-pyrrole nitrogens is 1. The summed E-state index contributed by atoms with van der Waals surface area (Å²) in [5.41, 5.74) is 3.36. The zero-order chi connectivity index (χ0) is 21.5. The van der Waals surface area contributed by atoms with Gasteiger partial charge in [-0.05, 0) is 23.6 Å². The van der Waals surface area contributed by atoms with Gasteiger partial charge in [-0.15, -0.1) is 10.2 Å². The van der Waals surface area contributed by atoms with Crippen molar-refractivity contribution in [3.8, 4) is 0 Å². The number of carbonyl (C=O) groups is 1. The number of hydrogen-bond donors (Lipinski definition) is 1. The molecule has 0 unspecified atom stereocenters. The molecular weight excluding hydrogens is 388 g/mol. The number of carbonyl (C=O) groups excluding carboxylic acids is 1. The number of amides is 1. The Kier molecular flexibility index (Phi) is 6.77. The number of rotatable bonds is 10. The molecule has 160 valence electrons. The fourth-order valence-corrected chi connectivity index (χ4v) is 3.72. The van der Waals surface area contributed by atoms with Crippen LogP contribution in [0.1, 0.15) is 49.1 Å². The van der Waals surface area contributed by atoms with Gasteiger partial charge in [0, 0.05) is 43.0 Å². The molecule has 0 saturated heterocycles. The van der Waals surface area contributed by atoms with Crippen LogP contribution in [0.25, 0.3) is 10.9 Å². The first kappa shape index (κ1) is 20.8. The van der Waals surface area contributed by atoms with E-state index in [4.69, 9.17) is 4.42 Å². The highest BCUT2D eigenvalue weighted by molar-refractivity contribution is 5.83. The van der Waals surface area contributed by atoms with Crippen LogP contribution < -0.4 is 0 Å². The molecule has 4 aromatic rings. The minimum atomic E-state index is 0.119. The first-order chi connectivity index (χ1) is 15.2. The Balaban J connectivity index is 1.35. The molecule has 0 atom stereocenters. The van der Waals surface area contributed by atoms with Gasteiger partial charge in [0.2, 0.25) is 17.7 Å². The molecule has 0 radical (unpaired) electrons. The number of aryl methyl sites for hydroxylation is 1. The zero-order valence-electron chi connectivity index (χ0n) is 17.9. The number of fused-ring (bicyclic) bond motifs is 1. The molecule has 0 aliphatic rings. The van der Waals surface area contributed by atoms with Gasteiger partial charge >= 0.3 is 0 Å². The molecule has 4 rings (SSSR count). The van der Waals surface area contributed by atoms with Crippen LogP contribution in [0.15, 0.2) is 65.2 Å². The maximum absolute atomic E-state index is 12.9. The summed E-state index contributed by atoms with van der Waals surface area (Å²) in [5, 5.41) is 9.50. The first-order valence-electron chi connectivity index (χ1n) is 10.9. The Labute approximate surface area is 182 Å². The van der Waals surface area contributed by atoms with Gasteiger partial charge < -0.3 is 14.3 Å². The molecule has 0 aliphatic heterocycles. The lowest BCUT2D eigenvalue weighted by atomic mass is 10.1. The fraction of sp³-hybridized carbons (Fsp3) is 0.320. The number of hydrogen-bond acceptors (Lipinski definition) is 4. The summed E-state index contributed by atoms with van der Waals surface area (Å²) in [4.78, 5) is 18.1. The average Bonchev–Trinajstić information content (AvgIpc) is 3.43. The van der Waals surface area contributed by atoms with Crippen molar-refractivity contribution < 1.29 is 9.21 Å². The maximum atomic E-state index is 12.9. The van der Waals surface area contributed by atoms with Crippen LogP contribution in [0.4, 0.5) is 0 Å². The second-order valence-corrected chi connectivity index (χ2v) is 7.78. The van der Waals surface area contributed by atoms with Crippen molar-refractivity contribution in [3.05, 3.63) is 83.7 Å². The van der Waals surface area contributed by atoms with Crippen molar-refractivity contribution in [1.29, 1.82) is 0 Å². The molecule has 0 bridgehead atoms. The SMILES string of the molecule is CCCCN(Cc1ccccc1)C(=O)CCc1nnc(Cc2c[nH]c3ccccc23)o1. The molecule has 6 nitrogen and oxygen atoms in total. The highest BCUT2D eigenvalue weighted by Gasteiger charge is 2.16.